The number of hydrogen-bond donors (Lipinski definition) is 4. The maximum absolute atomic E-state index is 12.3. The van der Waals surface area contributed by atoms with Crippen molar-refractivity contribution in [2.45, 2.75) is 5.16 Å². The molecule has 0 bridgehead atoms. The van der Waals surface area contributed by atoms with Gasteiger partial charge in [-0.2, -0.15) is 0 Å². The Morgan fingerprint density at radius 2 is 1.87 bits per heavy atom. The predicted molar refractivity (Wildman–Crippen MR) is 116 cm³/mol. The van der Waals surface area contributed by atoms with Gasteiger partial charge in [-0.1, -0.05) is 30.0 Å². The summed E-state index contributed by atoms with van der Waals surface area (Å²) in [5.41, 5.74) is 6.01. The van der Waals surface area contributed by atoms with Gasteiger partial charge in [0.2, 0.25) is 12.7 Å². The van der Waals surface area contributed by atoms with E-state index in [2.05, 4.69) is 20.6 Å². The number of benzene rings is 2. The highest BCUT2D eigenvalue weighted by Gasteiger charge is 2.16. The number of thioether (sulfide) groups is 1. The minimum atomic E-state index is -0.615. The second kappa shape index (κ2) is 8.79. The number of hydrogen-bond acceptors (Lipinski definition) is 8. The normalized spacial score (nSPS) is 11.7. The molecule has 0 fully saturated rings. The zero-order valence-corrected chi connectivity index (χ0v) is 16.8. The van der Waals surface area contributed by atoms with Crippen LogP contribution in [0.15, 0.2) is 58.5 Å². The third-order valence-electron chi connectivity index (χ3n) is 4.20. The van der Waals surface area contributed by atoms with Gasteiger partial charge in [-0.05, 0) is 24.3 Å². The number of aromatic amines is 1. The summed E-state index contributed by atoms with van der Waals surface area (Å²) in [7, 11) is 0. The number of nitrogens with zero attached hydrogens (tertiary/aromatic N) is 1. The van der Waals surface area contributed by atoms with Crippen LogP contribution in [0.25, 0.3) is 0 Å². The van der Waals surface area contributed by atoms with Crippen LogP contribution in [0.5, 0.6) is 11.5 Å². The van der Waals surface area contributed by atoms with E-state index in [1.165, 1.54) is 0 Å². The van der Waals surface area contributed by atoms with Crippen LogP contribution in [-0.2, 0) is 4.79 Å². The standard InChI is InChI=1S/C20H17N5O5S/c21-17-16(23-18(27)11-4-2-1-3-5-11)19(28)25-20(24-17)31-9-15(26)22-12-6-7-13-14(8-12)30-10-29-13/h1-8H,9-10H2,(H,22,26)(H,23,27)(H3,21,24,25,28). The Kier molecular flexibility index (Phi) is 5.76. The lowest BCUT2D eigenvalue weighted by Crippen LogP contribution is -2.23. The van der Waals surface area contributed by atoms with E-state index in [9.17, 15) is 14.4 Å². The number of anilines is 3. The van der Waals surface area contributed by atoms with E-state index in [0.717, 1.165) is 11.8 Å². The molecule has 2 aromatic carbocycles. The third-order valence-corrected chi connectivity index (χ3v) is 5.07. The molecule has 2 heterocycles. The Labute approximate surface area is 180 Å². The molecular formula is C20H17N5O5S. The summed E-state index contributed by atoms with van der Waals surface area (Å²) < 4.78 is 10.5. The number of H-pyrrole nitrogens is 1. The van der Waals surface area contributed by atoms with Gasteiger partial charge in [0.1, 0.15) is 5.69 Å². The van der Waals surface area contributed by atoms with Gasteiger partial charge in [0.25, 0.3) is 11.5 Å². The maximum Gasteiger partial charge on any atom is 0.277 e. The zero-order chi connectivity index (χ0) is 21.8. The molecule has 2 amide bonds. The Balaban J connectivity index is 1.37. The van der Waals surface area contributed by atoms with Crippen LogP contribution in [0.2, 0.25) is 0 Å². The summed E-state index contributed by atoms with van der Waals surface area (Å²) in [5, 5.41) is 5.34. The van der Waals surface area contributed by atoms with Gasteiger partial charge in [0.05, 0.1) is 5.75 Å². The summed E-state index contributed by atoms with van der Waals surface area (Å²) in [6.45, 7) is 0.144. The first-order valence-electron chi connectivity index (χ1n) is 9.08. The van der Waals surface area contributed by atoms with Crippen LogP contribution in [0.3, 0.4) is 0 Å². The number of nitrogens with two attached hydrogens (primary N) is 1. The van der Waals surface area contributed by atoms with E-state index >= 15 is 0 Å². The molecule has 4 rings (SSSR count). The zero-order valence-electron chi connectivity index (χ0n) is 16.0. The van der Waals surface area contributed by atoms with E-state index in [1.807, 2.05) is 0 Å². The van der Waals surface area contributed by atoms with E-state index in [1.54, 1.807) is 48.5 Å². The number of carbonyl (C=O) groups excluding carboxylic acids is 2. The average Bonchev–Trinajstić information content (AvgIpc) is 3.23. The molecule has 11 heteroatoms. The van der Waals surface area contributed by atoms with Crippen molar-refractivity contribution in [3.05, 3.63) is 64.4 Å². The number of ether oxygens (including phenoxy) is 2. The first-order chi connectivity index (χ1) is 15.0. The molecule has 0 radical (unpaired) electrons. The predicted octanol–water partition coefficient (Wildman–Crippen LogP) is 2.06. The first-order valence-corrected chi connectivity index (χ1v) is 10.1. The molecule has 1 aliphatic heterocycles. The van der Waals surface area contributed by atoms with E-state index in [-0.39, 0.29) is 35.1 Å². The molecule has 0 aliphatic carbocycles. The summed E-state index contributed by atoms with van der Waals surface area (Å²) in [5.74, 6) is 0.204. The van der Waals surface area contributed by atoms with Crippen molar-refractivity contribution in [3.8, 4) is 11.5 Å². The lowest BCUT2D eigenvalue weighted by Gasteiger charge is -2.09. The molecule has 0 spiro atoms. The molecule has 5 N–H and O–H groups in total. The van der Waals surface area contributed by atoms with E-state index < -0.39 is 11.5 Å². The van der Waals surface area contributed by atoms with Crippen LogP contribution in [0.4, 0.5) is 17.2 Å². The maximum atomic E-state index is 12.3. The van der Waals surface area contributed by atoms with Crippen molar-refractivity contribution in [1.82, 2.24) is 9.97 Å². The number of nitrogens with one attached hydrogen (secondary N) is 3. The summed E-state index contributed by atoms with van der Waals surface area (Å²) in [4.78, 5) is 43.4. The van der Waals surface area contributed by atoms with Crippen molar-refractivity contribution in [1.29, 1.82) is 0 Å². The third kappa shape index (κ3) is 4.78. The van der Waals surface area contributed by atoms with E-state index in [0.29, 0.717) is 22.7 Å². The molecule has 158 valence electrons. The van der Waals surface area contributed by atoms with Gasteiger partial charge in [0, 0.05) is 17.3 Å². The Morgan fingerprint density at radius 3 is 2.65 bits per heavy atom. The highest BCUT2D eigenvalue weighted by molar-refractivity contribution is 7.99. The highest BCUT2D eigenvalue weighted by Crippen LogP contribution is 2.34. The van der Waals surface area contributed by atoms with Crippen molar-refractivity contribution < 1.29 is 19.1 Å². The Bertz CT molecular complexity index is 1200. The second-order valence-corrected chi connectivity index (χ2v) is 7.32. The molecule has 10 nitrogen and oxygen atoms in total. The number of aromatic nitrogens is 2. The molecule has 1 aromatic heterocycles. The number of rotatable bonds is 6. The lowest BCUT2D eigenvalue weighted by atomic mass is 10.2. The fourth-order valence-electron chi connectivity index (χ4n) is 2.74. The van der Waals surface area contributed by atoms with Gasteiger partial charge < -0.3 is 25.8 Å². The molecule has 3 aromatic rings. The number of amides is 2. The Hall–Kier alpha value is -3.99. The summed E-state index contributed by atoms with van der Waals surface area (Å²) in [6.07, 6.45) is 0. The summed E-state index contributed by atoms with van der Waals surface area (Å²) in [6, 6.07) is 13.4. The van der Waals surface area contributed by atoms with Crippen molar-refractivity contribution in [2.75, 3.05) is 28.9 Å². The fourth-order valence-corrected chi connectivity index (χ4v) is 3.41. The summed E-state index contributed by atoms with van der Waals surface area (Å²) >= 11 is 0.998. The molecule has 0 saturated carbocycles. The van der Waals surface area contributed by atoms with Crippen LogP contribution in [0.1, 0.15) is 10.4 Å². The van der Waals surface area contributed by atoms with Gasteiger partial charge in [0.15, 0.2) is 22.5 Å². The first kappa shape index (κ1) is 20.3. The minimum absolute atomic E-state index is 0.0213. The van der Waals surface area contributed by atoms with Gasteiger partial charge in [-0.15, -0.1) is 0 Å². The van der Waals surface area contributed by atoms with Crippen LogP contribution >= 0.6 is 11.8 Å². The quantitative estimate of drug-likeness (QED) is 0.337. The van der Waals surface area contributed by atoms with Crippen LogP contribution in [0, 0.1) is 0 Å². The second-order valence-electron chi connectivity index (χ2n) is 6.36. The largest absolute Gasteiger partial charge is 0.454 e. The number of carbonyl (C=O) groups is 2. The van der Waals surface area contributed by atoms with Gasteiger partial charge >= 0.3 is 0 Å². The smallest absolute Gasteiger partial charge is 0.277 e. The molecule has 0 atom stereocenters. The lowest BCUT2D eigenvalue weighted by molar-refractivity contribution is -0.113. The van der Waals surface area contributed by atoms with Crippen molar-refractivity contribution >= 4 is 40.8 Å². The van der Waals surface area contributed by atoms with Gasteiger partial charge in [-0.3, -0.25) is 19.4 Å². The highest BCUT2D eigenvalue weighted by atomic mass is 32.2. The SMILES string of the molecule is Nc1nc(SCC(=O)Nc2ccc3c(c2)OCO3)[nH]c(=O)c1NC(=O)c1ccccc1. The van der Waals surface area contributed by atoms with Crippen LogP contribution in [-0.4, -0.2) is 34.3 Å². The molecule has 31 heavy (non-hydrogen) atoms. The number of fused-ring (bicyclic) bond motifs is 1. The molecule has 0 saturated heterocycles. The Morgan fingerprint density at radius 1 is 1.10 bits per heavy atom. The average molecular weight is 439 g/mol. The fraction of sp³-hybridized carbons (Fsp3) is 0.100. The monoisotopic (exact) mass is 439 g/mol. The van der Waals surface area contributed by atoms with Crippen molar-refractivity contribution in [3.63, 3.8) is 0 Å². The number of nitrogen functional groups attached to an aromatic ring is 1. The molecule has 0 unspecified atom stereocenters. The molecular weight excluding hydrogens is 422 g/mol. The van der Waals surface area contributed by atoms with Crippen LogP contribution < -0.4 is 31.4 Å². The van der Waals surface area contributed by atoms with E-state index in [4.69, 9.17) is 15.2 Å². The minimum Gasteiger partial charge on any atom is -0.454 e. The molecule has 1 aliphatic rings. The topological polar surface area (TPSA) is 148 Å². The van der Waals surface area contributed by atoms with Crippen molar-refractivity contribution in [2.24, 2.45) is 0 Å². The van der Waals surface area contributed by atoms with Gasteiger partial charge in [-0.25, -0.2) is 4.98 Å².